The molecular formula is C33H40N2O7. The lowest BCUT2D eigenvalue weighted by molar-refractivity contribution is -0.253. The molecule has 9 nitrogen and oxygen atoms in total. The molecule has 1 amide bonds. The van der Waals surface area contributed by atoms with Gasteiger partial charge in [0.1, 0.15) is 0 Å². The van der Waals surface area contributed by atoms with E-state index in [0.29, 0.717) is 18.7 Å². The first kappa shape index (κ1) is 31.3. The molecule has 0 radical (unpaired) electrons. The molecule has 1 fully saturated rings. The van der Waals surface area contributed by atoms with Gasteiger partial charge < -0.3 is 30.1 Å². The number of aliphatic carboxylic acids is 1. The highest BCUT2D eigenvalue weighted by Crippen LogP contribution is 2.39. The van der Waals surface area contributed by atoms with Crippen LogP contribution in [-0.2, 0) is 25.7 Å². The van der Waals surface area contributed by atoms with Crippen LogP contribution in [0.4, 0.5) is 5.69 Å². The summed E-state index contributed by atoms with van der Waals surface area (Å²) < 4.78 is 12.9. The Hall–Kier alpha value is -3.60. The molecule has 3 aromatic rings. The largest absolute Gasteiger partial charge is 0.481 e. The summed E-state index contributed by atoms with van der Waals surface area (Å²) >= 11 is 0. The van der Waals surface area contributed by atoms with E-state index in [1.54, 1.807) is 12.1 Å². The van der Waals surface area contributed by atoms with E-state index in [1.807, 2.05) is 80.7 Å². The molecule has 0 unspecified atom stereocenters. The first-order chi connectivity index (χ1) is 20.2. The maximum absolute atomic E-state index is 12.4. The van der Waals surface area contributed by atoms with Crippen molar-refractivity contribution in [2.75, 3.05) is 18.9 Å². The Morgan fingerprint density at radius 3 is 2.40 bits per heavy atom. The van der Waals surface area contributed by atoms with Gasteiger partial charge in [0.15, 0.2) is 6.29 Å². The lowest BCUT2D eigenvalue weighted by Gasteiger charge is -2.39. The Bertz CT molecular complexity index is 1300. The molecule has 5 atom stereocenters. The van der Waals surface area contributed by atoms with Gasteiger partial charge in [-0.3, -0.25) is 14.5 Å². The molecule has 1 aliphatic heterocycles. The Labute approximate surface area is 246 Å². The van der Waals surface area contributed by atoms with Crippen molar-refractivity contribution >= 4 is 17.6 Å². The molecule has 0 saturated carbocycles. The van der Waals surface area contributed by atoms with Gasteiger partial charge >= 0.3 is 5.97 Å². The quantitative estimate of drug-likeness (QED) is 0.225. The fraction of sp³-hybridized carbons (Fsp3) is 0.394. The molecule has 0 bridgehead atoms. The molecule has 1 aliphatic rings. The number of hydrogen-bond donors (Lipinski definition) is 4. The van der Waals surface area contributed by atoms with Gasteiger partial charge in [0.2, 0.25) is 5.91 Å². The number of ether oxygens (including phenoxy) is 2. The summed E-state index contributed by atoms with van der Waals surface area (Å²) in [4.78, 5) is 25.2. The number of nitrogens with zero attached hydrogens (tertiary/aromatic N) is 1. The molecular weight excluding hydrogens is 536 g/mol. The van der Waals surface area contributed by atoms with Crippen LogP contribution in [0.15, 0.2) is 78.9 Å². The number of anilines is 1. The van der Waals surface area contributed by atoms with Gasteiger partial charge in [0.25, 0.3) is 0 Å². The van der Waals surface area contributed by atoms with E-state index < -0.39 is 18.4 Å². The predicted molar refractivity (Wildman–Crippen MR) is 158 cm³/mol. The number of carboxylic acid groups (broad SMARTS) is 1. The molecule has 0 aromatic heterocycles. The second-order valence-corrected chi connectivity index (χ2v) is 10.8. The molecule has 42 heavy (non-hydrogen) atoms. The third-order valence-electron chi connectivity index (χ3n) is 7.64. The second-order valence-electron chi connectivity index (χ2n) is 10.8. The zero-order chi connectivity index (χ0) is 30.1. The molecule has 3 aromatic carbocycles. The minimum absolute atomic E-state index is 0.0403. The number of likely N-dealkylation sites (N-methyl/N-ethyl adjacent to an activating group) is 1. The Balaban J connectivity index is 1.50. The number of nitrogens with one attached hydrogen (secondary N) is 1. The van der Waals surface area contributed by atoms with Gasteiger partial charge in [-0.1, -0.05) is 66.7 Å². The molecule has 224 valence electrons. The molecule has 4 rings (SSSR count). The van der Waals surface area contributed by atoms with Crippen molar-refractivity contribution in [1.29, 1.82) is 0 Å². The van der Waals surface area contributed by atoms with Gasteiger partial charge in [-0.2, -0.15) is 0 Å². The van der Waals surface area contributed by atoms with Gasteiger partial charge in [-0.25, -0.2) is 0 Å². The Kier molecular flexibility index (Phi) is 11.2. The van der Waals surface area contributed by atoms with Crippen LogP contribution in [0.25, 0.3) is 0 Å². The standard InChI is InChI=1S/C33H40N2O7/c1-22(32(40)25-8-4-3-5-9-25)35(2)20-28-19-29(24-16-14-23(21-36)15-17-24)42-33(41-28)26-10-6-11-27(18-26)34-30(37)12-7-13-31(38)39/h3-6,8-11,14-18,22,28-29,32-33,36,40H,7,12-13,19-21H2,1-2H3,(H,34,37)(H,38,39)/t22-,28-,29+,32-,33+/m0/s1. The first-order valence-corrected chi connectivity index (χ1v) is 14.3. The van der Waals surface area contributed by atoms with E-state index in [2.05, 4.69) is 10.2 Å². The monoisotopic (exact) mass is 576 g/mol. The minimum atomic E-state index is -0.930. The molecule has 0 aliphatic carbocycles. The highest BCUT2D eigenvalue weighted by molar-refractivity contribution is 5.90. The van der Waals surface area contributed by atoms with Crippen molar-refractivity contribution in [3.8, 4) is 0 Å². The lowest BCUT2D eigenvalue weighted by atomic mass is 9.98. The van der Waals surface area contributed by atoms with Crippen molar-refractivity contribution in [3.05, 3.63) is 101 Å². The first-order valence-electron chi connectivity index (χ1n) is 14.3. The molecule has 9 heteroatoms. The van der Waals surface area contributed by atoms with E-state index in [4.69, 9.17) is 14.6 Å². The number of benzene rings is 3. The maximum Gasteiger partial charge on any atom is 0.303 e. The fourth-order valence-corrected chi connectivity index (χ4v) is 5.08. The van der Waals surface area contributed by atoms with E-state index in [-0.39, 0.29) is 50.0 Å². The Morgan fingerprint density at radius 1 is 0.976 bits per heavy atom. The van der Waals surface area contributed by atoms with Crippen LogP contribution in [0.5, 0.6) is 0 Å². The van der Waals surface area contributed by atoms with Crippen LogP contribution < -0.4 is 5.32 Å². The fourth-order valence-electron chi connectivity index (χ4n) is 5.08. The van der Waals surface area contributed by atoms with E-state index >= 15 is 0 Å². The van der Waals surface area contributed by atoms with Gasteiger partial charge in [-0.05, 0) is 49.2 Å². The number of carbonyl (C=O) groups excluding carboxylic acids is 1. The van der Waals surface area contributed by atoms with Gasteiger partial charge in [0, 0.05) is 43.1 Å². The normalized spacial score (nSPS) is 20.2. The summed E-state index contributed by atoms with van der Waals surface area (Å²) in [5, 5.41) is 32.1. The number of carbonyl (C=O) groups is 2. The number of hydrogen-bond acceptors (Lipinski definition) is 7. The zero-order valence-corrected chi connectivity index (χ0v) is 24.1. The number of aliphatic hydroxyl groups excluding tert-OH is 2. The van der Waals surface area contributed by atoms with Crippen LogP contribution in [-0.4, -0.2) is 57.8 Å². The summed E-state index contributed by atoms with van der Waals surface area (Å²) in [5.74, 6) is -1.19. The summed E-state index contributed by atoms with van der Waals surface area (Å²) in [6, 6.07) is 24.3. The van der Waals surface area contributed by atoms with E-state index in [9.17, 15) is 19.8 Å². The van der Waals surface area contributed by atoms with E-state index in [1.165, 1.54) is 0 Å². The third-order valence-corrected chi connectivity index (χ3v) is 7.64. The number of carboxylic acids is 1. The molecule has 1 heterocycles. The number of aliphatic hydroxyl groups is 2. The molecule has 1 saturated heterocycles. The van der Waals surface area contributed by atoms with Crippen molar-refractivity contribution in [2.45, 2.75) is 69.9 Å². The van der Waals surface area contributed by atoms with Gasteiger partial charge in [0.05, 0.1) is 24.9 Å². The zero-order valence-electron chi connectivity index (χ0n) is 24.1. The molecule has 4 N–H and O–H groups in total. The van der Waals surface area contributed by atoms with E-state index in [0.717, 1.165) is 22.3 Å². The van der Waals surface area contributed by atoms with Crippen LogP contribution in [0.3, 0.4) is 0 Å². The average Bonchev–Trinajstić information content (AvgIpc) is 3.00. The van der Waals surface area contributed by atoms with Gasteiger partial charge in [-0.15, -0.1) is 0 Å². The van der Waals surface area contributed by atoms with Crippen LogP contribution in [0.2, 0.25) is 0 Å². The SMILES string of the molecule is C[C@@H]([C@H](O)c1ccccc1)N(C)C[C@@H]1C[C@H](c2ccc(CO)cc2)O[C@H](c2cccc(NC(=O)CCCC(=O)O)c2)O1. The van der Waals surface area contributed by atoms with Crippen molar-refractivity contribution in [1.82, 2.24) is 4.90 Å². The lowest BCUT2D eigenvalue weighted by Crippen LogP contribution is -2.43. The summed E-state index contributed by atoms with van der Waals surface area (Å²) in [5.41, 5.74) is 3.94. The smallest absolute Gasteiger partial charge is 0.303 e. The van der Waals surface area contributed by atoms with Crippen LogP contribution >= 0.6 is 0 Å². The van der Waals surface area contributed by atoms with Crippen molar-refractivity contribution < 1.29 is 34.4 Å². The van der Waals surface area contributed by atoms with Crippen LogP contribution in [0, 0.1) is 0 Å². The summed E-state index contributed by atoms with van der Waals surface area (Å²) in [6.45, 7) is 2.50. The highest BCUT2D eigenvalue weighted by atomic mass is 16.7. The topological polar surface area (TPSA) is 129 Å². The number of amides is 1. The van der Waals surface area contributed by atoms with Crippen molar-refractivity contribution in [3.63, 3.8) is 0 Å². The molecule has 0 spiro atoms. The number of rotatable bonds is 13. The van der Waals surface area contributed by atoms with Crippen molar-refractivity contribution in [2.24, 2.45) is 0 Å². The average molecular weight is 577 g/mol. The second kappa shape index (κ2) is 15.0. The predicted octanol–water partition coefficient (Wildman–Crippen LogP) is 4.97. The highest BCUT2D eigenvalue weighted by Gasteiger charge is 2.34. The minimum Gasteiger partial charge on any atom is -0.481 e. The summed E-state index contributed by atoms with van der Waals surface area (Å²) in [6.07, 6.45) is -0.974. The third kappa shape index (κ3) is 8.70. The summed E-state index contributed by atoms with van der Waals surface area (Å²) in [7, 11) is 1.97. The van der Waals surface area contributed by atoms with Crippen LogP contribution in [0.1, 0.15) is 73.4 Å². The Morgan fingerprint density at radius 2 is 1.71 bits per heavy atom. The maximum atomic E-state index is 12.4.